The van der Waals surface area contributed by atoms with Crippen molar-refractivity contribution in [3.05, 3.63) is 0 Å². The van der Waals surface area contributed by atoms with Crippen molar-refractivity contribution < 1.29 is 5.21 Å². The second-order valence-corrected chi connectivity index (χ2v) is 4.14. The monoisotopic (exact) mass is 214 g/mol. The molecule has 0 aromatic carbocycles. The Bertz CT molecular complexity index is 219. The highest BCUT2D eigenvalue weighted by molar-refractivity contribution is 5.85. The number of oxime groups is 1. The fourth-order valence-electron chi connectivity index (χ4n) is 2.10. The lowest BCUT2D eigenvalue weighted by molar-refractivity contribution is 0.233. The van der Waals surface area contributed by atoms with Crippen LogP contribution in [0.2, 0.25) is 0 Å². The fraction of sp³-hybridized carbons (Fsp3) is 0.900. The average molecular weight is 214 g/mol. The van der Waals surface area contributed by atoms with Gasteiger partial charge in [-0.3, -0.25) is 4.90 Å². The molecule has 1 aliphatic rings. The molecule has 15 heavy (non-hydrogen) atoms. The van der Waals surface area contributed by atoms with E-state index < -0.39 is 0 Å². The average Bonchev–Trinajstić information content (AvgIpc) is 2.45. The molecule has 3 N–H and O–H groups in total. The van der Waals surface area contributed by atoms with Crippen molar-refractivity contribution in [1.29, 1.82) is 0 Å². The van der Waals surface area contributed by atoms with Crippen LogP contribution in [-0.4, -0.2) is 60.1 Å². The van der Waals surface area contributed by atoms with Gasteiger partial charge in [-0.15, -0.1) is 0 Å². The number of rotatable bonds is 3. The summed E-state index contributed by atoms with van der Waals surface area (Å²) in [4.78, 5) is 4.62. The van der Waals surface area contributed by atoms with Gasteiger partial charge in [0.15, 0.2) is 5.84 Å². The minimum atomic E-state index is 0.0847. The number of nitrogens with two attached hydrogens (primary N) is 1. The highest BCUT2D eigenvalue weighted by atomic mass is 16.4. The molecule has 0 amide bonds. The summed E-state index contributed by atoms with van der Waals surface area (Å²) in [5, 5.41) is 11.8. The van der Waals surface area contributed by atoms with Crippen LogP contribution in [0.3, 0.4) is 0 Å². The molecule has 88 valence electrons. The Hall–Kier alpha value is -0.810. The molecular formula is C10H22N4O. The molecule has 0 spiro atoms. The van der Waals surface area contributed by atoms with Gasteiger partial charge in [-0.05, 0) is 26.4 Å². The van der Waals surface area contributed by atoms with E-state index in [4.69, 9.17) is 10.9 Å². The Kier molecular flexibility index (Phi) is 4.84. The van der Waals surface area contributed by atoms with Gasteiger partial charge in [0, 0.05) is 19.6 Å². The number of nitrogens with zero attached hydrogens (tertiary/aromatic N) is 3. The summed E-state index contributed by atoms with van der Waals surface area (Å²) in [5.41, 5.74) is 5.69. The molecule has 1 rings (SSSR count). The Labute approximate surface area is 91.5 Å². The highest BCUT2D eigenvalue weighted by Crippen LogP contribution is 2.09. The third-order valence-corrected chi connectivity index (χ3v) is 3.04. The molecule has 5 nitrogen and oxygen atoms in total. The Balaban J connectivity index is 2.59. The molecular weight excluding hydrogens is 192 g/mol. The molecule has 1 unspecified atom stereocenters. The van der Waals surface area contributed by atoms with Crippen LogP contribution >= 0.6 is 0 Å². The SMILES string of the molecule is CCC(C(N)=NO)N1CCCN(C)CC1. The van der Waals surface area contributed by atoms with Crippen LogP contribution < -0.4 is 5.73 Å². The van der Waals surface area contributed by atoms with Crippen molar-refractivity contribution in [1.82, 2.24) is 9.80 Å². The van der Waals surface area contributed by atoms with Gasteiger partial charge in [-0.2, -0.15) is 0 Å². The number of likely N-dealkylation sites (N-methyl/N-ethyl adjacent to an activating group) is 1. The maximum atomic E-state index is 8.72. The van der Waals surface area contributed by atoms with Crippen LogP contribution in [0.5, 0.6) is 0 Å². The molecule has 5 heteroatoms. The van der Waals surface area contributed by atoms with E-state index in [1.165, 1.54) is 0 Å². The van der Waals surface area contributed by atoms with Crippen LogP contribution in [0.1, 0.15) is 19.8 Å². The van der Waals surface area contributed by atoms with Crippen LogP contribution in [-0.2, 0) is 0 Å². The van der Waals surface area contributed by atoms with E-state index >= 15 is 0 Å². The van der Waals surface area contributed by atoms with E-state index in [1.807, 2.05) is 0 Å². The zero-order chi connectivity index (χ0) is 11.3. The lowest BCUT2D eigenvalue weighted by Gasteiger charge is -2.28. The van der Waals surface area contributed by atoms with Crippen LogP contribution in [0.25, 0.3) is 0 Å². The summed E-state index contributed by atoms with van der Waals surface area (Å²) < 4.78 is 0. The molecule has 0 saturated carbocycles. The zero-order valence-corrected chi connectivity index (χ0v) is 9.69. The standard InChI is InChI=1S/C10H22N4O/c1-3-9(10(11)12-15)14-6-4-5-13(2)7-8-14/h9,15H,3-8H2,1-2H3,(H2,11,12). The van der Waals surface area contributed by atoms with E-state index in [9.17, 15) is 0 Å². The molecule has 0 bridgehead atoms. The van der Waals surface area contributed by atoms with E-state index in [0.29, 0.717) is 5.84 Å². The molecule has 1 fully saturated rings. The van der Waals surface area contributed by atoms with Gasteiger partial charge in [-0.1, -0.05) is 12.1 Å². The third-order valence-electron chi connectivity index (χ3n) is 3.04. The van der Waals surface area contributed by atoms with Crippen LogP contribution in [0.4, 0.5) is 0 Å². The largest absolute Gasteiger partial charge is 0.409 e. The van der Waals surface area contributed by atoms with Crippen molar-refractivity contribution >= 4 is 5.84 Å². The zero-order valence-electron chi connectivity index (χ0n) is 9.69. The third kappa shape index (κ3) is 3.35. The predicted molar refractivity (Wildman–Crippen MR) is 61.2 cm³/mol. The van der Waals surface area contributed by atoms with Gasteiger partial charge in [-0.25, -0.2) is 0 Å². The van der Waals surface area contributed by atoms with Crippen molar-refractivity contribution in [3.63, 3.8) is 0 Å². The quantitative estimate of drug-likeness (QED) is 0.304. The van der Waals surface area contributed by atoms with Crippen LogP contribution in [0, 0.1) is 0 Å². The Morgan fingerprint density at radius 2 is 2.13 bits per heavy atom. The predicted octanol–water partition coefficient (Wildman–Crippen LogP) is 0.149. The van der Waals surface area contributed by atoms with Gasteiger partial charge in [0.25, 0.3) is 0 Å². The van der Waals surface area contributed by atoms with Crippen molar-refractivity contribution in [2.24, 2.45) is 10.9 Å². The maximum Gasteiger partial charge on any atom is 0.156 e. The molecule has 0 aromatic rings. The molecule has 0 aliphatic carbocycles. The summed E-state index contributed by atoms with van der Waals surface area (Å²) in [6.07, 6.45) is 2.03. The molecule has 1 saturated heterocycles. The van der Waals surface area contributed by atoms with E-state index in [1.54, 1.807) is 0 Å². The van der Waals surface area contributed by atoms with E-state index in [2.05, 4.69) is 28.9 Å². The van der Waals surface area contributed by atoms with Crippen molar-refractivity contribution in [2.75, 3.05) is 33.2 Å². The van der Waals surface area contributed by atoms with Gasteiger partial charge in [0.1, 0.15) is 0 Å². The summed E-state index contributed by atoms with van der Waals surface area (Å²) >= 11 is 0. The lowest BCUT2D eigenvalue weighted by Crippen LogP contribution is -2.46. The maximum absolute atomic E-state index is 8.72. The van der Waals surface area contributed by atoms with Gasteiger partial charge >= 0.3 is 0 Å². The first-order valence-electron chi connectivity index (χ1n) is 5.59. The van der Waals surface area contributed by atoms with E-state index in [-0.39, 0.29) is 6.04 Å². The molecule has 0 aromatic heterocycles. The summed E-state index contributed by atoms with van der Waals surface area (Å²) in [6.45, 7) is 6.26. The number of amidine groups is 1. The topological polar surface area (TPSA) is 65.1 Å². The lowest BCUT2D eigenvalue weighted by atomic mass is 10.1. The van der Waals surface area contributed by atoms with Crippen LogP contribution in [0.15, 0.2) is 5.16 Å². The minimum absolute atomic E-state index is 0.0847. The van der Waals surface area contributed by atoms with Crippen molar-refractivity contribution in [2.45, 2.75) is 25.8 Å². The molecule has 0 radical (unpaired) electrons. The minimum Gasteiger partial charge on any atom is -0.409 e. The molecule has 1 aliphatic heterocycles. The summed E-state index contributed by atoms with van der Waals surface area (Å²) in [7, 11) is 2.13. The highest BCUT2D eigenvalue weighted by Gasteiger charge is 2.22. The summed E-state index contributed by atoms with van der Waals surface area (Å²) in [6, 6.07) is 0.0847. The second kappa shape index (κ2) is 5.92. The molecule has 1 atom stereocenters. The van der Waals surface area contributed by atoms with Gasteiger partial charge in [0.05, 0.1) is 6.04 Å². The first-order chi connectivity index (χ1) is 7.19. The second-order valence-electron chi connectivity index (χ2n) is 4.14. The molecule has 1 heterocycles. The smallest absolute Gasteiger partial charge is 0.156 e. The van der Waals surface area contributed by atoms with E-state index in [0.717, 1.165) is 39.0 Å². The van der Waals surface area contributed by atoms with Gasteiger partial charge < -0.3 is 15.8 Å². The Morgan fingerprint density at radius 1 is 1.40 bits per heavy atom. The van der Waals surface area contributed by atoms with Crippen molar-refractivity contribution in [3.8, 4) is 0 Å². The summed E-state index contributed by atoms with van der Waals surface area (Å²) in [5.74, 6) is 0.335. The fourth-order valence-corrected chi connectivity index (χ4v) is 2.10. The van der Waals surface area contributed by atoms with Gasteiger partial charge in [0.2, 0.25) is 0 Å². The normalized spacial score (nSPS) is 23.7. The number of hydrogen-bond donors (Lipinski definition) is 2. The Morgan fingerprint density at radius 3 is 2.73 bits per heavy atom. The first-order valence-corrected chi connectivity index (χ1v) is 5.59. The number of hydrogen-bond acceptors (Lipinski definition) is 4. The first kappa shape index (κ1) is 12.3.